The predicted molar refractivity (Wildman–Crippen MR) is 78.3 cm³/mol. The van der Waals surface area contributed by atoms with Crippen LogP contribution in [-0.4, -0.2) is 25.7 Å². The molecule has 0 aromatic heterocycles. The highest BCUT2D eigenvalue weighted by Gasteiger charge is 2.18. The third kappa shape index (κ3) is 5.55. The van der Waals surface area contributed by atoms with Crippen LogP contribution in [0.25, 0.3) is 0 Å². The summed E-state index contributed by atoms with van der Waals surface area (Å²) in [6.07, 6.45) is 1.51. The van der Waals surface area contributed by atoms with E-state index in [0.717, 1.165) is 12.0 Å². The fraction of sp³-hybridized carbons (Fsp3) is 0.533. The number of hydrogen-bond acceptors (Lipinski definition) is 3. The first-order valence-corrected chi connectivity index (χ1v) is 8.48. The van der Waals surface area contributed by atoms with Crippen LogP contribution in [-0.2, 0) is 16.3 Å². The van der Waals surface area contributed by atoms with Crippen molar-refractivity contribution in [1.82, 2.24) is 0 Å². The maximum absolute atomic E-state index is 11.9. The molecule has 0 saturated heterocycles. The third-order valence-corrected chi connectivity index (χ3v) is 4.60. The van der Waals surface area contributed by atoms with E-state index in [1.54, 1.807) is 12.1 Å². The minimum Gasteiger partial charge on any atom is -0.293 e. The topological polar surface area (TPSA) is 51.2 Å². The Morgan fingerprint density at radius 1 is 1.16 bits per heavy atom. The van der Waals surface area contributed by atoms with Gasteiger partial charge in [-0.3, -0.25) is 4.79 Å². The van der Waals surface area contributed by atoms with Gasteiger partial charge in [0.15, 0.2) is 15.6 Å². The fourth-order valence-corrected chi connectivity index (χ4v) is 3.24. The van der Waals surface area contributed by atoms with Gasteiger partial charge in [0.1, 0.15) is 5.75 Å². The zero-order valence-electron chi connectivity index (χ0n) is 11.8. The van der Waals surface area contributed by atoms with E-state index in [9.17, 15) is 13.2 Å². The van der Waals surface area contributed by atoms with E-state index in [2.05, 4.69) is 0 Å². The van der Waals surface area contributed by atoms with Gasteiger partial charge in [-0.15, -0.1) is 0 Å². The van der Waals surface area contributed by atoms with Crippen molar-refractivity contribution in [3.05, 3.63) is 35.4 Å². The first-order valence-electron chi connectivity index (χ1n) is 6.66. The highest BCUT2D eigenvalue weighted by Crippen LogP contribution is 2.09. The number of sulfone groups is 1. The fourth-order valence-electron chi connectivity index (χ4n) is 1.70. The summed E-state index contributed by atoms with van der Waals surface area (Å²) in [7, 11) is -3.29. The van der Waals surface area contributed by atoms with Gasteiger partial charge < -0.3 is 0 Å². The van der Waals surface area contributed by atoms with Crippen LogP contribution in [0.1, 0.15) is 43.1 Å². The van der Waals surface area contributed by atoms with E-state index in [0.29, 0.717) is 17.9 Å². The lowest BCUT2D eigenvalue weighted by Crippen LogP contribution is -2.20. The summed E-state index contributed by atoms with van der Waals surface area (Å²) in [6.45, 7) is 5.98. The molecule has 3 nitrogen and oxygen atoms in total. The molecule has 0 saturated carbocycles. The summed E-state index contributed by atoms with van der Waals surface area (Å²) in [5.41, 5.74) is 1.62. The van der Waals surface area contributed by atoms with Crippen LogP contribution < -0.4 is 0 Å². The highest BCUT2D eigenvalue weighted by molar-refractivity contribution is 7.92. The Morgan fingerprint density at radius 2 is 1.74 bits per heavy atom. The maximum atomic E-state index is 11.9. The van der Waals surface area contributed by atoms with Gasteiger partial charge in [0.05, 0.1) is 5.75 Å². The summed E-state index contributed by atoms with van der Waals surface area (Å²) < 4.78 is 23.6. The molecule has 0 aliphatic carbocycles. The van der Waals surface area contributed by atoms with E-state index in [4.69, 9.17) is 0 Å². The second-order valence-electron chi connectivity index (χ2n) is 5.25. The number of hydrogen-bond donors (Lipinski definition) is 0. The maximum Gasteiger partial charge on any atom is 0.177 e. The van der Waals surface area contributed by atoms with E-state index >= 15 is 0 Å². The average Bonchev–Trinajstić information content (AvgIpc) is 2.36. The number of rotatable bonds is 7. The van der Waals surface area contributed by atoms with Crippen molar-refractivity contribution >= 4 is 15.6 Å². The average molecular weight is 282 g/mol. The Balaban J connectivity index is 2.67. The zero-order valence-corrected chi connectivity index (χ0v) is 12.7. The molecule has 0 radical (unpaired) electrons. The van der Waals surface area contributed by atoms with Gasteiger partial charge >= 0.3 is 0 Å². The normalized spacial score (nSPS) is 11.8. The lowest BCUT2D eigenvalue weighted by Gasteiger charge is -2.06. The summed E-state index contributed by atoms with van der Waals surface area (Å²) in [6, 6.07) is 7.15. The number of aryl methyl sites for hydroxylation is 1. The van der Waals surface area contributed by atoms with Crippen LogP contribution in [0, 0.1) is 5.92 Å². The molecule has 0 spiro atoms. The molecule has 0 unspecified atom stereocenters. The van der Waals surface area contributed by atoms with Gasteiger partial charge in [-0.2, -0.15) is 0 Å². The first-order chi connectivity index (χ1) is 8.84. The molecular formula is C15H22O3S. The van der Waals surface area contributed by atoms with Crippen molar-refractivity contribution in [3.8, 4) is 0 Å². The van der Waals surface area contributed by atoms with Crippen molar-refractivity contribution in [1.29, 1.82) is 0 Å². The van der Waals surface area contributed by atoms with E-state index in [-0.39, 0.29) is 17.3 Å². The van der Waals surface area contributed by atoms with E-state index in [1.165, 1.54) is 0 Å². The summed E-state index contributed by atoms with van der Waals surface area (Å²) in [4.78, 5) is 11.9. The number of ketones is 1. The Hall–Kier alpha value is -1.16. The smallest absolute Gasteiger partial charge is 0.177 e. The standard InChI is InChI=1S/C15H22O3S/c1-4-13-5-7-14(8-6-13)15(16)11-19(17,18)10-9-12(2)3/h5-8,12H,4,9-11H2,1-3H3. The number of carbonyl (C=O) groups excluding carboxylic acids is 1. The molecular weight excluding hydrogens is 260 g/mol. The van der Waals surface area contributed by atoms with Gasteiger partial charge in [0, 0.05) is 5.56 Å². The molecule has 0 N–H and O–H groups in total. The lowest BCUT2D eigenvalue weighted by atomic mass is 10.1. The monoisotopic (exact) mass is 282 g/mol. The van der Waals surface area contributed by atoms with Gasteiger partial charge in [0.25, 0.3) is 0 Å². The number of benzene rings is 1. The molecule has 19 heavy (non-hydrogen) atoms. The molecule has 1 aromatic carbocycles. The second-order valence-corrected chi connectivity index (χ2v) is 7.43. The Labute approximate surface area is 116 Å². The van der Waals surface area contributed by atoms with E-state index in [1.807, 2.05) is 32.9 Å². The van der Waals surface area contributed by atoms with Gasteiger partial charge in [-0.1, -0.05) is 45.0 Å². The summed E-state index contributed by atoms with van der Waals surface area (Å²) in [5.74, 6) is -0.283. The summed E-state index contributed by atoms with van der Waals surface area (Å²) >= 11 is 0. The first kappa shape index (κ1) is 15.9. The van der Waals surface area contributed by atoms with Crippen LogP contribution >= 0.6 is 0 Å². The molecule has 106 valence electrons. The van der Waals surface area contributed by atoms with Crippen LogP contribution in [0.3, 0.4) is 0 Å². The molecule has 0 atom stereocenters. The van der Waals surface area contributed by atoms with Gasteiger partial charge in [0.2, 0.25) is 0 Å². The van der Waals surface area contributed by atoms with Crippen molar-refractivity contribution in [3.63, 3.8) is 0 Å². The number of carbonyl (C=O) groups is 1. The highest BCUT2D eigenvalue weighted by atomic mass is 32.2. The molecule has 4 heteroatoms. The Kier molecular flexibility index (Phi) is 5.73. The SMILES string of the molecule is CCc1ccc(C(=O)CS(=O)(=O)CCC(C)C)cc1. The molecule has 1 rings (SSSR count). The molecule has 0 fully saturated rings. The van der Waals surface area contributed by atoms with Crippen molar-refractivity contribution in [2.24, 2.45) is 5.92 Å². The van der Waals surface area contributed by atoms with Crippen molar-refractivity contribution < 1.29 is 13.2 Å². The third-order valence-electron chi connectivity index (χ3n) is 3.04. The Morgan fingerprint density at radius 3 is 2.21 bits per heavy atom. The minimum absolute atomic E-state index is 0.0868. The van der Waals surface area contributed by atoms with Gasteiger partial charge in [-0.25, -0.2) is 8.42 Å². The van der Waals surface area contributed by atoms with Crippen molar-refractivity contribution in [2.75, 3.05) is 11.5 Å². The van der Waals surface area contributed by atoms with E-state index < -0.39 is 9.84 Å². The van der Waals surface area contributed by atoms with Crippen LogP contribution in [0.2, 0.25) is 0 Å². The summed E-state index contributed by atoms with van der Waals surface area (Å²) in [5, 5.41) is 0. The quantitative estimate of drug-likeness (QED) is 0.723. The number of Topliss-reactive ketones (excluding diaryl/α,β-unsaturated/α-hetero) is 1. The van der Waals surface area contributed by atoms with Crippen LogP contribution in [0.4, 0.5) is 0 Å². The van der Waals surface area contributed by atoms with Gasteiger partial charge in [-0.05, 0) is 24.3 Å². The predicted octanol–water partition coefficient (Wildman–Crippen LogP) is 2.89. The molecule has 1 aromatic rings. The zero-order chi connectivity index (χ0) is 14.5. The minimum atomic E-state index is -3.29. The molecule has 0 heterocycles. The Bertz CT molecular complexity index is 513. The molecule has 0 amide bonds. The van der Waals surface area contributed by atoms with Crippen LogP contribution in [0.5, 0.6) is 0 Å². The van der Waals surface area contributed by atoms with Crippen molar-refractivity contribution in [2.45, 2.75) is 33.6 Å². The largest absolute Gasteiger partial charge is 0.293 e. The molecule has 0 aliphatic heterocycles. The molecule has 0 bridgehead atoms. The second kappa shape index (κ2) is 6.85. The van der Waals surface area contributed by atoms with Crippen LogP contribution in [0.15, 0.2) is 24.3 Å². The molecule has 0 aliphatic rings. The lowest BCUT2D eigenvalue weighted by molar-refractivity contribution is 0.102.